The molecule has 0 aliphatic heterocycles. The van der Waals surface area contributed by atoms with Crippen molar-refractivity contribution in [3.63, 3.8) is 0 Å². The summed E-state index contributed by atoms with van der Waals surface area (Å²) in [4.78, 5) is 14.0. The van der Waals surface area contributed by atoms with Crippen LogP contribution in [0.4, 0.5) is 0 Å². The van der Waals surface area contributed by atoms with Gasteiger partial charge >= 0.3 is 5.97 Å². The van der Waals surface area contributed by atoms with Gasteiger partial charge < -0.3 is 9.72 Å². The van der Waals surface area contributed by atoms with Gasteiger partial charge in [0.1, 0.15) is 5.69 Å². The first kappa shape index (κ1) is 8.84. The van der Waals surface area contributed by atoms with E-state index in [1.165, 1.54) is 7.11 Å². The largest absolute Gasteiger partial charge is 0.464 e. The number of carbonyl (C=O) groups excluding carboxylic acids is 1. The highest BCUT2D eigenvalue weighted by molar-refractivity contribution is 5.87. The number of ether oxygens (including phenoxy) is 1. The molecule has 1 heterocycles. The van der Waals surface area contributed by atoms with E-state index in [1.54, 1.807) is 0 Å². The van der Waals surface area contributed by atoms with Crippen molar-refractivity contribution in [2.45, 2.75) is 20.3 Å². The summed E-state index contributed by atoms with van der Waals surface area (Å²) in [6, 6.07) is 1.83. The average Bonchev–Trinajstić information content (AvgIpc) is 2.45. The molecule has 3 heteroatoms. The maximum absolute atomic E-state index is 11.0. The lowest BCUT2D eigenvalue weighted by Crippen LogP contribution is -2.00. The molecule has 0 radical (unpaired) electrons. The van der Waals surface area contributed by atoms with Crippen LogP contribution in [0, 0.1) is 6.92 Å². The van der Waals surface area contributed by atoms with E-state index in [1.807, 2.05) is 13.0 Å². The maximum Gasteiger partial charge on any atom is 0.354 e. The Balaban J connectivity index is 2.96. The predicted molar refractivity (Wildman–Crippen MR) is 46.2 cm³/mol. The minimum Gasteiger partial charge on any atom is -0.464 e. The van der Waals surface area contributed by atoms with E-state index >= 15 is 0 Å². The van der Waals surface area contributed by atoms with Gasteiger partial charge in [0.05, 0.1) is 7.11 Å². The zero-order valence-electron chi connectivity index (χ0n) is 7.60. The van der Waals surface area contributed by atoms with Crippen LogP contribution in [-0.2, 0) is 11.2 Å². The number of aryl methyl sites for hydroxylation is 2. The number of hydrogen-bond donors (Lipinski definition) is 1. The van der Waals surface area contributed by atoms with Crippen molar-refractivity contribution < 1.29 is 9.53 Å². The van der Waals surface area contributed by atoms with Gasteiger partial charge in [-0.05, 0) is 25.0 Å². The third-order valence-corrected chi connectivity index (χ3v) is 1.91. The number of aromatic amines is 1. The summed E-state index contributed by atoms with van der Waals surface area (Å²) in [5.41, 5.74) is 2.74. The highest BCUT2D eigenvalue weighted by Crippen LogP contribution is 2.10. The Morgan fingerprint density at radius 2 is 2.33 bits per heavy atom. The number of rotatable bonds is 2. The Morgan fingerprint density at radius 1 is 1.67 bits per heavy atom. The zero-order valence-corrected chi connectivity index (χ0v) is 7.60. The number of hydrogen-bond acceptors (Lipinski definition) is 2. The molecule has 1 N–H and O–H groups in total. The van der Waals surface area contributed by atoms with Gasteiger partial charge in [-0.1, -0.05) is 6.92 Å². The summed E-state index contributed by atoms with van der Waals surface area (Å²) in [6.07, 6.45) is 0.930. The minimum atomic E-state index is -0.308. The van der Waals surface area contributed by atoms with Gasteiger partial charge in [0.15, 0.2) is 0 Å². The van der Waals surface area contributed by atoms with E-state index in [0.29, 0.717) is 5.69 Å². The average molecular weight is 167 g/mol. The third kappa shape index (κ3) is 1.49. The monoisotopic (exact) mass is 167 g/mol. The van der Waals surface area contributed by atoms with Crippen LogP contribution >= 0.6 is 0 Å². The lowest BCUT2D eigenvalue weighted by Gasteiger charge is -1.92. The minimum absolute atomic E-state index is 0.308. The summed E-state index contributed by atoms with van der Waals surface area (Å²) in [6.45, 7) is 4.00. The Morgan fingerprint density at radius 3 is 2.75 bits per heavy atom. The first-order chi connectivity index (χ1) is 5.69. The van der Waals surface area contributed by atoms with Crippen LogP contribution < -0.4 is 0 Å². The summed E-state index contributed by atoms with van der Waals surface area (Å²) >= 11 is 0. The third-order valence-electron chi connectivity index (χ3n) is 1.91. The normalized spacial score (nSPS) is 9.92. The van der Waals surface area contributed by atoms with Gasteiger partial charge in [0.2, 0.25) is 0 Å². The number of aromatic nitrogens is 1. The second-order valence-corrected chi connectivity index (χ2v) is 2.68. The molecule has 1 aromatic rings. The highest BCUT2D eigenvalue weighted by atomic mass is 16.5. The van der Waals surface area contributed by atoms with E-state index in [9.17, 15) is 4.79 Å². The molecule has 0 saturated carbocycles. The van der Waals surface area contributed by atoms with Crippen molar-refractivity contribution in [2.24, 2.45) is 0 Å². The molecule has 3 nitrogen and oxygen atoms in total. The molecule has 0 spiro atoms. The van der Waals surface area contributed by atoms with Crippen LogP contribution in [-0.4, -0.2) is 18.1 Å². The summed E-state index contributed by atoms with van der Waals surface area (Å²) in [5, 5.41) is 0. The fraction of sp³-hybridized carbons (Fsp3) is 0.444. The van der Waals surface area contributed by atoms with Crippen LogP contribution in [0.1, 0.15) is 28.7 Å². The van der Waals surface area contributed by atoms with Crippen molar-refractivity contribution in [1.29, 1.82) is 0 Å². The number of nitrogens with one attached hydrogen (secondary N) is 1. The van der Waals surface area contributed by atoms with Crippen LogP contribution in [0.15, 0.2) is 6.07 Å². The SMILES string of the molecule is CCc1cc(C(=O)OC)[nH]c1C. The van der Waals surface area contributed by atoms with Gasteiger partial charge in [0, 0.05) is 5.69 Å². The molecule has 0 aliphatic rings. The van der Waals surface area contributed by atoms with E-state index in [0.717, 1.165) is 17.7 Å². The van der Waals surface area contributed by atoms with Crippen LogP contribution in [0.25, 0.3) is 0 Å². The molecule has 0 bridgehead atoms. The molecular formula is C9H13NO2. The molecule has 1 rings (SSSR count). The number of esters is 1. The molecule has 0 amide bonds. The van der Waals surface area contributed by atoms with Crippen molar-refractivity contribution in [1.82, 2.24) is 4.98 Å². The first-order valence-corrected chi connectivity index (χ1v) is 3.95. The fourth-order valence-electron chi connectivity index (χ4n) is 1.19. The Kier molecular flexibility index (Phi) is 2.53. The lowest BCUT2D eigenvalue weighted by atomic mass is 10.2. The van der Waals surface area contributed by atoms with E-state index in [-0.39, 0.29) is 5.97 Å². The predicted octanol–water partition coefficient (Wildman–Crippen LogP) is 1.67. The topological polar surface area (TPSA) is 42.1 Å². The smallest absolute Gasteiger partial charge is 0.354 e. The molecule has 0 unspecified atom stereocenters. The van der Waals surface area contributed by atoms with Gasteiger partial charge in [-0.25, -0.2) is 4.79 Å². The second-order valence-electron chi connectivity index (χ2n) is 2.68. The highest BCUT2D eigenvalue weighted by Gasteiger charge is 2.09. The number of carbonyl (C=O) groups is 1. The molecule has 0 aliphatic carbocycles. The van der Waals surface area contributed by atoms with Gasteiger partial charge in [0.25, 0.3) is 0 Å². The van der Waals surface area contributed by atoms with Gasteiger partial charge in [-0.3, -0.25) is 0 Å². The molecule has 0 saturated heterocycles. The van der Waals surface area contributed by atoms with Crippen LogP contribution in [0.5, 0.6) is 0 Å². The maximum atomic E-state index is 11.0. The Bertz CT molecular complexity index is 289. The van der Waals surface area contributed by atoms with Crippen molar-refractivity contribution in [3.8, 4) is 0 Å². The van der Waals surface area contributed by atoms with Crippen molar-refractivity contribution >= 4 is 5.97 Å². The Hall–Kier alpha value is -1.25. The number of methoxy groups -OCH3 is 1. The van der Waals surface area contributed by atoms with E-state index in [4.69, 9.17) is 0 Å². The summed E-state index contributed by atoms with van der Waals surface area (Å²) in [7, 11) is 1.38. The lowest BCUT2D eigenvalue weighted by molar-refractivity contribution is 0.0594. The molecule has 1 aromatic heterocycles. The molecule has 0 fully saturated rings. The standard InChI is InChI=1S/C9H13NO2/c1-4-7-5-8(9(11)12-3)10-6(7)2/h5,10H,4H2,1-3H3. The van der Waals surface area contributed by atoms with Gasteiger partial charge in [-0.15, -0.1) is 0 Å². The molecular weight excluding hydrogens is 154 g/mol. The quantitative estimate of drug-likeness (QED) is 0.681. The molecule has 66 valence electrons. The van der Waals surface area contributed by atoms with Gasteiger partial charge in [-0.2, -0.15) is 0 Å². The molecule has 0 aromatic carbocycles. The van der Waals surface area contributed by atoms with Crippen LogP contribution in [0.3, 0.4) is 0 Å². The van der Waals surface area contributed by atoms with Crippen molar-refractivity contribution in [3.05, 3.63) is 23.0 Å². The molecule has 0 atom stereocenters. The molecule has 12 heavy (non-hydrogen) atoms. The fourth-order valence-corrected chi connectivity index (χ4v) is 1.19. The van der Waals surface area contributed by atoms with Crippen molar-refractivity contribution in [2.75, 3.05) is 7.11 Å². The zero-order chi connectivity index (χ0) is 9.14. The number of H-pyrrole nitrogens is 1. The first-order valence-electron chi connectivity index (χ1n) is 3.95. The van der Waals surface area contributed by atoms with E-state index < -0.39 is 0 Å². The van der Waals surface area contributed by atoms with Crippen LogP contribution in [0.2, 0.25) is 0 Å². The summed E-state index contributed by atoms with van der Waals surface area (Å²) < 4.78 is 4.58. The summed E-state index contributed by atoms with van der Waals surface area (Å²) in [5.74, 6) is -0.308. The Labute approximate surface area is 71.7 Å². The van der Waals surface area contributed by atoms with E-state index in [2.05, 4.69) is 16.6 Å². The second kappa shape index (κ2) is 3.43.